The van der Waals surface area contributed by atoms with Gasteiger partial charge in [0.2, 0.25) is 0 Å². The van der Waals surface area contributed by atoms with Crippen LogP contribution in [0, 0.1) is 0 Å². The first kappa shape index (κ1) is 22.0. The number of hydrogen-bond acceptors (Lipinski definition) is 5. The average Bonchev–Trinajstić information content (AvgIpc) is 2.83. The van der Waals surface area contributed by atoms with Gasteiger partial charge in [0.1, 0.15) is 0 Å². The Hall–Kier alpha value is -4.26. The van der Waals surface area contributed by atoms with Crippen molar-refractivity contribution < 1.29 is 19.8 Å². The smallest absolute Gasteiger partial charge is 0.337 e. The van der Waals surface area contributed by atoms with Crippen LogP contribution in [0.4, 0.5) is 5.69 Å². The highest BCUT2D eigenvalue weighted by atomic mass is 16.4. The fourth-order valence-electron chi connectivity index (χ4n) is 3.86. The van der Waals surface area contributed by atoms with E-state index in [0.29, 0.717) is 23.5 Å². The number of rotatable bonds is 8. The van der Waals surface area contributed by atoms with Crippen LogP contribution in [0.15, 0.2) is 72.9 Å². The number of carboxylic acids is 2. The largest absolute Gasteiger partial charge is 0.478 e. The first-order chi connectivity index (χ1) is 16.0. The van der Waals surface area contributed by atoms with E-state index in [0.717, 1.165) is 29.6 Å². The van der Waals surface area contributed by atoms with Crippen LogP contribution in [0.3, 0.4) is 0 Å². The van der Waals surface area contributed by atoms with Gasteiger partial charge >= 0.3 is 11.9 Å². The van der Waals surface area contributed by atoms with Crippen LogP contribution >= 0.6 is 0 Å². The Bertz CT molecular complexity index is 1340. The maximum atomic E-state index is 11.6. The zero-order chi connectivity index (χ0) is 23.4. The predicted molar refractivity (Wildman–Crippen MR) is 127 cm³/mol. The molecule has 0 saturated carbocycles. The Morgan fingerprint density at radius 3 is 2.42 bits per heavy atom. The standard InChI is InChI=1S/C26H23N3O4/c1-2-14-29(16-24-21(26(32)33)8-5-13-27-24)18-10-12-22-17(15-18)9-11-23(28-22)19-6-3-4-7-20(19)25(30)31/h3-13,15H,2,14,16H2,1H3,(H,30,31)(H,32,33). The summed E-state index contributed by atoms with van der Waals surface area (Å²) in [5, 5.41) is 19.9. The topological polar surface area (TPSA) is 104 Å². The van der Waals surface area contributed by atoms with Crippen molar-refractivity contribution in [1.82, 2.24) is 9.97 Å². The number of carbonyl (C=O) groups is 2. The highest BCUT2D eigenvalue weighted by Crippen LogP contribution is 2.28. The number of aromatic carboxylic acids is 2. The summed E-state index contributed by atoms with van der Waals surface area (Å²) >= 11 is 0. The quantitative estimate of drug-likeness (QED) is 0.392. The lowest BCUT2D eigenvalue weighted by Gasteiger charge is -2.25. The van der Waals surface area contributed by atoms with Crippen LogP contribution in [-0.4, -0.2) is 38.7 Å². The van der Waals surface area contributed by atoms with Gasteiger partial charge in [-0.2, -0.15) is 0 Å². The molecule has 2 N–H and O–H groups in total. The van der Waals surface area contributed by atoms with Gasteiger partial charge in [-0.15, -0.1) is 0 Å². The molecule has 7 nitrogen and oxygen atoms in total. The summed E-state index contributed by atoms with van der Waals surface area (Å²) in [6, 6.07) is 19.6. The predicted octanol–water partition coefficient (Wildman–Crippen LogP) is 5.11. The van der Waals surface area contributed by atoms with Crippen molar-refractivity contribution in [3.63, 3.8) is 0 Å². The molecule has 0 unspecified atom stereocenters. The monoisotopic (exact) mass is 441 g/mol. The molecule has 0 aliphatic carbocycles. The van der Waals surface area contributed by atoms with E-state index in [-0.39, 0.29) is 11.1 Å². The number of aromatic nitrogens is 2. The summed E-state index contributed by atoms with van der Waals surface area (Å²) in [5.74, 6) is -1.99. The molecule has 2 heterocycles. The van der Waals surface area contributed by atoms with Gasteiger partial charge in [0.25, 0.3) is 0 Å². The fourth-order valence-corrected chi connectivity index (χ4v) is 3.86. The Morgan fingerprint density at radius 2 is 1.67 bits per heavy atom. The highest BCUT2D eigenvalue weighted by Gasteiger charge is 2.16. The Morgan fingerprint density at radius 1 is 0.909 bits per heavy atom. The van der Waals surface area contributed by atoms with Crippen LogP contribution in [0.2, 0.25) is 0 Å². The molecular formula is C26H23N3O4. The zero-order valence-corrected chi connectivity index (χ0v) is 18.1. The second-order valence-electron chi connectivity index (χ2n) is 7.65. The Balaban J connectivity index is 1.69. The van der Waals surface area contributed by atoms with Gasteiger partial charge < -0.3 is 15.1 Å². The van der Waals surface area contributed by atoms with Gasteiger partial charge in [0.15, 0.2) is 0 Å². The molecule has 0 aliphatic rings. The third kappa shape index (κ3) is 4.67. The van der Waals surface area contributed by atoms with E-state index < -0.39 is 11.9 Å². The molecule has 0 atom stereocenters. The van der Waals surface area contributed by atoms with E-state index in [9.17, 15) is 19.8 Å². The van der Waals surface area contributed by atoms with Gasteiger partial charge in [-0.05, 0) is 48.9 Å². The molecule has 0 radical (unpaired) electrons. The first-order valence-corrected chi connectivity index (χ1v) is 10.6. The maximum absolute atomic E-state index is 11.6. The Labute approximate surface area is 191 Å². The summed E-state index contributed by atoms with van der Waals surface area (Å²) in [6.45, 7) is 3.18. The number of fused-ring (bicyclic) bond motifs is 1. The SMILES string of the molecule is CCCN(Cc1ncccc1C(=O)O)c1ccc2nc(-c3ccccc3C(=O)O)ccc2c1. The average molecular weight is 441 g/mol. The van der Waals surface area contributed by atoms with Gasteiger partial charge in [-0.25, -0.2) is 14.6 Å². The molecule has 33 heavy (non-hydrogen) atoms. The molecule has 0 saturated heterocycles. The molecule has 4 aromatic rings. The second kappa shape index (κ2) is 9.48. The molecule has 2 aromatic carbocycles. The fraction of sp³-hybridized carbons (Fsp3) is 0.154. The van der Waals surface area contributed by atoms with E-state index in [1.54, 1.807) is 42.6 Å². The van der Waals surface area contributed by atoms with E-state index in [2.05, 4.69) is 21.8 Å². The maximum Gasteiger partial charge on any atom is 0.337 e. The van der Waals surface area contributed by atoms with Crippen LogP contribution in [-0.2, 0) is 6.54 Å². The number of hydrogen-bond donors (Lipinski definition) is 2. The molecule has 0 aliphatic heterocycles. The molecule has 4 rings (SSSR count). The Kier molecular flexibility index (Phi) is 6.31. The van der Waals surface area contributed by atoms with Gasteiger partial charge in [-0.1, -0.05) is 31.2 Å². The molecule has 7 heteroatoms. The van der Waals surface area contributed by atoms with Crippen molar-refractivity contribution in [2.45, 2.75) is 19.9 Å². The highest BCUT2D eigenvalue weighted by molar-refractivity contribution is 5.96. The van der Waals surface area contributed by atoms with E-state index in [1.807, 2.05) is 30.3 Å². The second-order valence-corrected chi connectivity index (χ2v) is 7.65. The van der Waals surface area contributed by atoms with Crippen molar-refractivity contribution in [3.05, 3.63) is 89.7 Å². The first-order valence-electron chi connectivity index (χ1n) is 10.6. The number of nitrogens with zero attached hydrogens (tertiary/aromatic N) is 3. The van der Waals surface area contributed by atoms with Crippen LogP contribution in [0.5, 0.6) is 0 Å². The van der Waals surface area contributed by atoms with E-state index in [4.69, 9.17) is 0 Å². The van der Waals surface area contributed by atoms with Crippen LogP contribution in [0.1, 0.15) is 39.8 Å². The summed E-state index contributed by atoms with van der Waals surface area (Å²) in [4.78, 5) is 34.2. The van der Waals surface area contributed by atoms with Crippen molar-refractivity contribution >= 4 is 28.5 Å². The number of anilines is 1. The van der Waals surface area contributed by atoms with Crippen LogP contribution in [0.25, 0.3) is 22.2 Å². The van der Waals surface area contributed by atoms with E-state index >= 15 is 0 Å². The molecular weight excluding hydrogens is 418 g/mol. The zero-order valence-electron chi connectivity index (χ0n) is 18.1. The third-order valence-electron chi connectivity index (χ3n) is 5.43. The van der Waals surface area contributed by atoms with Crippen molar-refractivity contribution in [2.24, 2.45) is 0 Å². The summed E-state index contributed by atoms with van der Waals surface area (Å²) in [7, 11) is 0. The summed E-state index contributed by atoms with van der Waals surface area (Å²) in [5.41, 5.74) is 3.77. The molecule has 0 fully saturated rings. The summed E-state index contributed by atoms with van der Waals surface area (Å²) < 4.78 is 0. The van der Waals surface area contributed by atoms with E-state index in [1.165, 1.54) is 0 Å². The molecule has 0 spiro atoms. The lowest BCUT2D eigenvalue weighted by Crippen LogP contribution is -2.25. The number of benzene rings is 2. The molecule has 2 aromatic heterocycles. The minimum atomic E-state index is -0.994. The molecule has 0 bridgehead atoms. The van der Waals surface area contributed by atoms with Crippen molar-refractivity contribution in [3.8, 4) is 11.3 Å². The van der Waals surface area contributed by atoms with Crippen molar-refractivity contribution in [2.75, 3.05) is 11.4 Å². The van der Waals surface area contributed by atoms with Crippen LogP contribution < -0.4 is 4.90 Å². The van der Waals surface area contributed by atoms with Gasteiger partial charge in [-0.3, -0.25) is 4.98 Å². The number of carboxylic acid groups (broad SMARTS) is 2. The molecule has 166 valence electrons. The van der Waals surface area contributed by atoms with Gasteiger partial charge in [0.05, 0.1) is 34.6 Å². The van der Waals surface area contributed by atoms with Crippen molar-refractivity contribution in [1.29, 1.82) is 0 Å². The lowest BCUT2D eigenvalue weighted by atomic mass is 10.0. The minimum Gasteiger partial charge on any atom is -0.478 e. The number of pyridine rings is 2. The molecule has 0 amide bonds. The van der Waals surface area contributed by atoms with Gasteiger partial charge in [0, 0.05) is 29.4 Å². The third-order valence-corrected chi connectivity index (χ3v) is 5.43. The normalized spacial score (nSPS) is 10.8. The lowest BCUT2D eigenvalue weighted by molar-refractivity contribution is 0.0685. The summed E-state index contributed by atoms with van der Waals surface area (Å²) in [6.07, 6.45) is 2.49. The minimum absolute atomic E-state index is 0.197.